The van der Waals surface area contributed by atoms with Gasteiger partial charge in [0.2, 0.25) is 11.5 Å². The van der Waals surface area contributed by atoms with Gasteiger partial charge in [0, 0.05) is 17.4 Å². The maximum Gasteiger partial charge on any atom is 0.342 e. The highest BCUT2D eigenvalue weighted by Crippen LogP contribution is 2.45. The Morgan fingerprint density at radius 2 is 1.71 bits per heavy atom. The molecule has 0 aliphatic heterocycles. The second-order valence-electron chi connectivity index (χ2n) is 9.55. The lowest BCUT2D eigenvalue weighted by atomic mass is 9.67. The SMILES string of the molecule is CCCCOc1ccc(-c2ccc(C(C)[C@H](C)[C@](F)(C(=O)O)C3CCCCC3)cc2)c(F)c1F. The van der Waals surface area contributed by atoms with Crippen LogP contribution in [0.2, 0.25) is 0 Å². The molecule has 0 spiro atoms. The molecule has 186 valence electrons. The summed E-state index contributed by atoms with van der Waals surface area (Å²) in [5, 5.41) is 9.83. The summed E-state index contributed by atoms with van der Waals surface area (Å²) in [5.41, 5.74) is -0.950. The van der Waals surface area contributed by atoms with Crippen LogP contribution >= 0.6 is 0 Å². The van der Waals surface area contributed by atoms with Crippen LogP contribution in [0.4, 0.5) is 13.2 Å². The number of unbranched alkanes of at least 4 members (excludes halogenated alkanes) is 1. The fourth-order valence-electron chi connectivity index (χ4n) is 5.08. The van der Waals surface area contributed by atoms with Gasteiger partial charge >= 0.3 is 5.97 Å². The van der Waals surface area contributed by atoms with Crippen molar-refractivity contribution in [1.29, 1.82) is 0 Å². The van der Waals surface area contributed by atoms with Gasteiger partial charge < -0.3 is 9.84 Å². The predicted octanol–water partition coefficient (Wildman–Crippen LogP) is 7.92. The van der Waals surface area contributed by atoms with Gasteiger partial charge in [-0.3, -0.25) is 0 Å². The van der Waals surface area contributed by atoms with Gasteiger partial charge in [0.15, 0.2) is 11.6 Å². The molecule has 1 fully saturated rings. The summed E-state index contributed by atoms with van der Waals surface area (Å²) in [6.45, 7) is 5.79. The van der Waals surface area contributed by atoms with Crippen LogP contribution in [0.3, 0.4) is 0 Å². The van der Waals surface area contributed by atoms with Gasteiger partial charge in [0.05, 0.1) is 6.61 Å². The first-order chi connectivity index (χ1) is 16.2. The second kappa shape index (κ2) is 11.3. The van der Waals surface area contributed by atoms with Crippen LogP contribution in [-0.2, 0) is 4.79 Å². The second-order valence-corrected chi connectivity index (χ2v) is 9.55. The van der Waals surface area contributed by atoms with Gasteiger partial charge in [-0.05, 0) is 48.4 Å². The first-order valence-electron chi connectivity index (χ1n) is 12.3. The molecule has 1 aliphatic rings. The van der Waals surface area contributed by atoms with Crippen molar-refractivity contribution in [2.24, 2.45) is 11.8 Å². The third kappa shape index (κ3) is 5.26. The highest BCUT2D eigenvalue weighted by atomic mass is 19.2. The monoisotopic (exact) mass is 476 g/mol. The summed E-state index contributed by atoms with van der Waals surface area (Å²) in [6.07, 6.45) is 5.53. The summed E-state index contributed by atoms with van der Waals surface area (Å²) in [5.74, 6) is -5.10. The third-order valence-electron chi connectivity index (χ3n) is 7.49. The molecule has 0 saturated heterocycles. The van der Waals surface area contributed by atoms with Gasteiger partial charge in [0.25, 0.3) is 0 Å². The lowest BCUT2D eigenvalue weighted by Gasteiger charge is -2.39. The minimum Gasteiger partial charge on any atom is -0.490 e. The molecule has 1 unspecified atom stereocenters. The van der Waals surface area contributed by atoms with Crippen LogP contribution in [0.25, 0.3) is 11.1 Å². The number of ether oxygens (including phenoxy) is 1. The Kier molecular flexibility index (Phi) is 8.67. The number of aliphatic carboxylic acids is 1. The van der Waals surface area contributed by atoms with Crippen molar-refractivity contribution >= 4 is 5.97 Å². The average molecular weight is 477 g/mol. The summed E-state index contributed by atoms with van der Waals surface area (Å²) < 4.78 is 50.5. The first kappa shape index (κ1) is 26.1. The molecule has 0 heterocycles. The Hall–Kier alpha value is -2.50. The number of benzene rings is 2. The lowest BCUT2D eigenvalue weighted by Crippen LogP contribution is -2.49. The van der Waals surface area contributed by atoms with E-state index in [1.165, 1.54) is 12.1 Å². The molecule has 2 aromatic carbocycles. The minimum atomic E-state index is -2.30. The molecule has 1 N–H and O–H groups in total. The number of hydrogen-bond donors (Lipinski definition) is 1. The zero-order valence-electron chi connectivity index (χ0n) is 20.3. The average Bonchev–Trinajstić information content (AvgIpc) is 2.86. The van der Waals surface area contributed by atoms with Crippen LogP contribution in [0.15, 0.2) is 36.4 Å². The Labute approximate surface area is 200 Å². The molecular formula is C28H35F3O3. The molecule has 3 atom stereocenters. The number of carboxylic acids is 1. The number of alkyl halides is 1. The predicted molar refractivity (Wildman–Crippen MR) is 128 cm³/mol. The fourth-order valence-corrected chi connectivity index (χ4v) is 5.08. The number of carboxylic acid groups (broad SMARTS) is 1. The maximum absolute atomic E-state index is 16.0. The maximum atomic E-state index is 16.0. The molecule has 3 nitrogen and oxygen atoms in total. The largest absolute Gasteiger partial charge is 0.490 e. The standard InChI is InChI=1S/C28H35F3O3/c1-4-5-17-34-24-16-15-23(25(29)26(24)30)21-13-11-20(12-14-21)18(2)19(3)28(31,27(32)33)22-9-7-6-8-10-22/h11-16,18-19,22H,4-10,17H2,1-3H3,(H,32,33)/t18?,19-,28+/m0/s1. The Bertz CT molecular complexity index is 970. The van der Waals surface area contributed by atoms with E-state index < -0.39 is 35.1 Å². The summed E-state index contributed by atoms with van der Waals surface area (Å²) >= 11 is 0. The van der Waals surface area contributed by atoms with Crippen molar-refractivity contribution in [2.45, 2.75) is 77.3 Å². The molecule has 2 aromatic rings. The molecule has 6 heteroatoms. The van der Waals surface area contributed by atoms with E-state index in [1.54, 1.807) is 31.2 Å². The van der Waals surface area contributed by atoms with E-state index in [0.717, 1.165) is 37.7 Å². The van der Waals surface area contributed by atoms with Crippen LogP contribution in [-0.4, -0.2) is 23.4 Å². The summed E-state index contributed by atoms with van der Waals surface area (Å²) in [4.78, 5) is 12.1. The van der Waals surface area contributed by atoms with Crippen LogP contribution in [0.1, 0.15) is 77.2 Å². The zero-order chi connectivity index (χ0) is 24.9. The number of rotatable bonds is 10. The smallest absolute Gasteiger partial charge is 0.342 e. The van der Waals surface area contributed by atoms with Crippen molar-refractivity contribution in [1.82, 2.24) is 0 Å². The Morgan fingerprint density at radius 1 is 1.06 bits per heavy atom. The molecule has 0 amide bonds. The van der Waals surface area contributed by atoms with Crippen molar-refractivity contribution in [2.75, 3.05) is 6.61 Å². The van der Waals surface area contributed by atoms with E-state index in [2.05, 4.69) is 0 Å². The van der Waals surface area contributed by atoms with Gasteiger partial charge in [-0.25, -0.2) is 13.6 Å². The highest BCUT2D eigenvalue weighted by molar-refractivity contribution is 5.78. The van der Waals surface area contributed by atoms with E-state index in [1.807, 2.05) is 13.8 Å². The summed E-state index contributed by atoms with van der Waals surface area (Å²) in [6, 6.07) is 9.72. The van der Waals surface area contributed by atoms with Crippen LogP contribution < -0.4 is 4.74 Å². The minimum absolute atomic E-state index is 0.107. The van der Waals surface area contributed by atoms with Gasteiger partial charge in [-0.2, -0.15) is 4.39 Å². The van der Waals surface area contributed by atoms with E-state index in [0.29, 0.717) is 25.0 Å². The molecule has 0 radical (unpaired) electrons. The van der Waals surface area contributed by atoms with Crippen molar-refractivity contribution in [3.63, 3.8) is 0 Å². The number of halogens is 3. The normalized spacial score (nSPS) is 18.2. The van der Waals surface area contributed by atoms with Crippen molar-refractivity contribution in [3.8, 4) is 16.9 Å². The topological polar surface area (TPSA) is 46.5 Å². The van der Waals surface area contributed by atoms with E-state index in [9.17, 15) is 18.7 Å². The van der Waals surface area contributed by atoms with Crippen LogP contribution in [0, 0.1) is 23.5 Å². The van der Waals surface area contributed by atoms with E-state index in [-0.39, 0.29) is 17.2 Å². The molecule has 3 rings (SSSR count). The van der Waals surface area contributed by atoms with E-state index in [4.69, 9.17) is 4.74 Å². The highest BCUT2D eigenvalue weighted by Gasteiger charge is 2.52. The number of carbonyl (C=O) groups is 1. The quantitative estimate of drug-likeness (QED) is 0.354. The number of hydrogen-bond acceptors (Lipinski definition) is 2. The van der Waals surface area contributed by atoms with Gasteiger partial charge in [-0.15, -0.1) is 0 Å². The molecule has 34 heavy (non-hydrogen) atoms. The molecular weight excluding hydrogens is 441 g/mol. The van der Waals surface area contributed by atoms with Crippen molar-refractivity contribution < 1.29 is 27.8 Å². The van der Waals surface area contributed by atoms with Gasteiger partial charge in [0.1, 0.15) is 0 Å². The molecule has 1 aliphatic carbocycles. The van der Waals surface area contributed by atoms with E-state index >= 15 is 4.39 Å². The molecule has 0 bridgehead atoms. The Balaban J connectivity index is 1.80. The molecule has 0 aromatic heterocycles. The van der Waals surface area contributed by atoms with Gasteiger partial charge in [-0.1, -0.05) is 70.7 Å². The van der Waals surface area contributed by atoms with Crippen molar-refractivity contribution in [3.05, 3.63) is 53.6 Å². The summed E-state index contributed by atoms with van der Waals surface area (Å²) in [7, 11) is 0. The molecule has 1 saturated carbocycles. The fraction of sp³-hybridized carbons (Fsp3) is 0.536. The first-order valence-corrected chi connectivity index (χ1v) is 12.3. The Morgan fingerprint density at radius 3 is 2.29 bits per heavy atom. The zero-order valence-corrected chi connectivity index (χ0v) is 20.3. The lowest BCUT2D eigenvalue weighted by molar-refractivity contribution is -0.162. The third-order valence-corrected chi connectivity index (χ3v) is 7.49. The van der Waals surface area contributed by atoms with Crippen LogP contribution in [0.5, 0.6) is 5.75 Å².